The molecule has 0 aromatic heterocycles. The first-order chi connectivity index (χ1) is 28.3. The molecule has 0 atom stereocenters. The van der Waals surface area contributed by atoms with E-state index < -0.39 is 0 Å². The molecule has 0 rings (SSSR count). The summed E-state index contributed by atoms with van der Waals surface area (Å²) in [4.78, 5) is 5.15. The summed E-state index contributed by atoms with van der Waals surface area (Å²) in [5.74, 6) is 0. The Hall–Kier alpha value is -0.760. The zero-order valence-corrected chi connectivity index (χ0v) is 39.1. The maximum Gasteiger partial charge on any atom is 0.0701 e. The molecule has 6 nitrogen and oxygen atoms in total. The molecule has 0 aliphatic rings. The maximum absolute atomic E-state index is 5.95. The minimum Gasteiger partial charge on any atom is -0.378 e. The summed E-state index contributed by atoms with van der Waals surface area (Å²) in [6.45, 7) is 18.5. The van der Waals surface area contributed by atoms with Crippen LogP contribution in [0.1, 0.15) is 220 Å². The first-order valence-corrected chi connectivity index (χ1v) is 25.5. The minimum atomic E-state index is 0.639. The van der Waals surface area contributed by atoms with Crippen molar-refractivity contribution in [2.45, 2.75) is 220 Å². The number of hydrogen-bond acceptors (Lipinski definition) is 6. The fourth-order valence-electron chi connectivity index (χ4n) is 7.46. The highest BCUT2D eigenvalue weighted by Crippen LogP contribution is 2.12. The normalized spacial score (nSPS) is 12.2. The van der Waals surface area contributed by atoms with Crippen LogP contribution in [0.4, 0.5) is 0 Å². The van der Waals surface area contributed by atoms with Crippen LogP contribution >= 0.6 is 0 Å². The summed E-state index contributed by atoms with van der Waals surface area (Å²) in [7, 11) is 0. The Morgan fingerprint density at radius 2 is 0.579 bits per heavy atom. The molecule has 340 valence electrons. The van der Waals surface area contributed by atoms with Crippen LogP contribution in [-0.2, 0) is 14.2 Å². The van der Waals surface area contributed by atoms with Crippen molar-refractivity contribution in [1.82, 2.24) is 9.80 Å². The molecular formula is C51H103N3O3. The molecule has 0 aliphatic heterocycles. The number of nitrogens with two attached hydrogens (primary N) is 1. The van der Waals surface area contributed by atoms with E-state index in [-0.39, 0.29) is 0 Å². The lowest BCUT2D eigenvalue weighted by Gasteiger charge is -2.22. The molecule has 0 aromatic rings. The molecule has 0 bridgehead atoms. The van der Waals surface area contributed by atoms with Gasteiger partial charge in [-0.2, -0.15) is 0 Å². The highest BCUT2D eigenvalue weighted by Gasteiger charge is 2.06. The van der Waals surface area contributed by atoms with Crippen molar-refractivity contribution in [2.75, 3.05) is 85.5 Å². The molecule has 0 radical (unpaired) electrons. The summed E-state index contributed by atoms with van der Waals surface area (Å²) >= 11 is 0. The molecule has 2 N–H and O–H groups in total. The van der Waals surface area contributed by atoms with E-state index in [0.717, 1.165) is 52.4 Å². The fraction of sp³-hybridized carbons (Fsp3) is 0.922. The molecule has 0 unspecified atom stereocenters. The maximum atomic E-state index is 5.95. The summed E-state index contributed by atoms with van der Waals surface area (Å²) in [5.41, 5.74) is 5.83. The van der Waals surface area contributed by atoms with E-state index in [2.05, 4.69) is 54.9 Å². The molecule has 0 aromatic carbocycles. The van der Waals surface area contributed by atoms with Gasteiger partial charge in [0.15, 0.2) is 0 Å². The van der Waals surface area contributed by atoms with E-state index in [9.17, 15) is 0 Å². The topological polar surface area (TPSA) is 60.2 Å². The Morgan fingerprint density at radius 1 is 0.298 bits per heavy atom. The van der Waals surface area contributed by atoms with Crippen molar-refractivity contribution in [3.05, 3.63) is 24.3 Å². The number of hydrogen-bond donors (Lipinski definition) is 1. The van der Waals surface area contributed by atoms with E-state index in [1.165, 1.54) is 206 Å². The Bertz CT molecular complexity index is 717. The molecule has 0 fully saturated rings. The third kappa shape index (κ3) is 47.8. The molecule has 0 aliphatic carbocycles. The van der Waals surface area contributed by atoms with Gasteiger partial charge in [0.05, 0.1) is 39.6 Å². The average Bonchev–Trinajstić information content (AvgIpc) is 3.22. The molecular weight excluding hydrogens is 703 g/mol. The van der Waals surface area contributed by atoms with E-state index in [1.54, 1.807) is 0 Å². The summed E-state index contributed by atoms with van der Waals surface area (Å²) in [6, 6.07) is 0. The molecule has 0 spiro atoms. The Morgan fingerprint density at radius 3 is 0.930 bits per heavy atom. The van der Waals surface area contributed by atoms with Crippen molar-refractivity contribution in [3.8, 4) is 0 Å². The zero-order chi connectivity index (χ0) is 41.2. The summed E-state index contributed by atoms with van der Waals surface area (Å²) in [5, 5.41) is 0. The fourth-order valence-corrected chi connectivity index (χ4v) is 7.46. The Labute approximate surface area is 358 Å². The van der Waals surface area contributed by atoms with Gasteiger partial charge in [0.1, 0.15) is 0 Å². The number of ether oxygens (including phenoxy) is 3. The SMILES string of the molecule is CCCCCCCC/C=C\CCCCCCCCN(CCCC)CCOCCOCCOCCN(CCCN)CCCCCCCC/C=C\CCCCCCCC. The predicted octanol–water partition coefficient (Wildman–Crippen LogP) is 13.9. The smallest absolute Gasteiger partial charge is 0.0701 e. The highest BCUT2D eigenvalue weighted by atomic mass is 16.5. The molecule has 0 amide bonds. The van der Waals surface area contributed by atoms with Gasteiger partial charge in [-0.15, -0.1) is 0 Å². The number of nitrogens with zero attached hydrogens (tertiary/aromatic N) is 2. The summed E-state index contributed by atoms with van der Waals surface area (Å²) in [6.07, 6.45) is 51.4. The van der Waals surface area contributed by atoms with Crippen LogP contribution in [0.5, 0.6) is 0 Å². The van der Waals surface area contributed by atoms with E-state index >= 15 is 0 Å². The van der Waals surface area contributed by atoms with Gasteiger partial charge in [0.2, 0.25) is 0 Å². The largest absolute Gasteiger partial charge is 0.378 e. The second-order valence-electron chi connectivity index (χ2n) is 16.9. The molecule has 57 heavy (non-hydrogen) atoms. The Kier molecular flexibility index (Phi) is 50.7. The van der Waals surface area contributed by atoms with E-state index in [1.807, 2.05) is 0 Å². The van der Waals surface area contributed by atoms with Crippen molar-refractivity contribution in [3.63, 3.8) is 0 Å². The van der Waals surface area contributed by atoms with Gasteiger partial charge < -0.3 is 29.7 Å². The summed E-state index contributed by atoms with van der Waals surface area (Å²) < 4.78 is 17.7. The van der Waals surface area contributed by atoms with E-state index in [0.29, 0.717) is 26.4 Å². The van der Waals surface area contributed by atoms with Crippen LogP contribution in [0, 0.1) is 0 Å². The molecule has 0 saturated heterocycles. The van der Waals surface area contributed by atoms with Gasteiger partial charge in [-0.1, -0.05) is 167 Å². The predicted molar refractivity (Wildman–Crippen MR) is 253 cm³/mol. The monoisotopic (exact) mass is 806 g/mol. The first kappa shape index (κ1) is 56.2. The average molecular weight is 806 g/mol. The highest BCUT2D eigenvalue weighted by molar-refractivity contribution is 4.82. The molecule has 0 heterocycles. The van der Waals surface area contributed by atoms with Crippen LogP contribution in [0.15, 0.2) is 24.3 Å². The number of rotatable bonds is 50. The second-order valence-corrected chi connectivity index (χ2v) is 16.9. The number of unbranched alkanes of at least 4 members (excludes halogenated alkanes) is 25. The van der Waals surface area contributed by atoms with Crippen molar-refractivity contribution >= 4 is 0 Å². The van der Waals surface area contributed by atoms with Crippen LogP contribution in [0.3, 0.4) is 0 Å². The third-order valence-electron chi connectivity index (χ3n) is 11.3. The lowest BCUT2D eigenvalue weighted by atomic mass is 10.1. The van der Waals surface area contributed by atoms with Crippen molar-refractivity contribution in [1.29, 1.82) is 0 Å². The van der Waals surface area contributed by atoms with Gasteiger partial charge in [-0.3, -0.25) is 0 Å². The van der Waals surface area contributed by atoms with Gasteiger partial charge in [-0.25, -0.2) is 0 Å². The van der Waals surface area contributed by atoms with Gasteiger partial charge in [-0.05, 0) is 110 Å². The molecule has 0 saturated carbocycles. The van der Waals surface area contributed by atoms with Crippen LogP contribution in [-0.4, -0.2) is 95.3 Å². The van der Waals surface area contributed by atoms with Crippen molar-refractivity contribution in [2.24, 2.45) is 5.73 Å². The quantitative estimate of drug-likeness (QED) is 0.0488. The lowest BCUT2D eigenvalue weighted by Crippen LogP contribution is -2.31. The standard InChI is InChI=1S/C51H103N3O3/c1-4-7-10-12-14-16-18-20-22-24-26-28-30-32-34-36-41-53(40-9-6-3)44-46-55-48-50-57-51-49-56-47-45-54(43-38-39-52)42-37-35-33-31-29-27-25-23-21-19-17-15-13-11-8-5-2/h20-23H,4-19,24-52H2,1-3H3/b22-20-,23-21-. The Balaban J connectivity index is 3.72. The second kappa shape index (κ2) is 51.4. The van der Waals surface area contributed by atoms with E-state index in [4.69, 9.17) is 19.9 Å². The van der Waals surface area contributed by atoms with Crippen LogP contribution in [0.2, 0.25) is 0 Å². The zero-order valence-electron chi connectivity index (χ0n) is 39.1. The molecule has 6 heteroatoms. The van der Waals surface area contributed by atoms with Crippen molar-refractivity contribution < 1.29 is 14.2 Å². The third-order valence-corrected chi connectivity index (χ3v) is 11.3. The van der Waals surface area contributed by atoms with Crippen LogP contribution < -0.4 is 5.73 Å². The van der Waals surface area contributed by atoms with Gasteiger partial charge in [0, 0.05) is 13.1 Å². The number of allylic oxidation sites excluding steroid dienone is 4. The van der Waals surface area contributed by atoms with Crippen LogP contribution in [0.25, 0.3) is 0 Å². The minimum absolute atomic E-state index is 0.639. The first-order valence-electron chi connectivity index (χ1n) is 25.5. The lowest BCUT2D eigenvalue weighted by molar-refractivity contribution is 0.00693. The van der Waals surface area contributed by atoms with Gasteiger partial charge in [0.25, 0.3) is 0 Å². The van der Waals surface area contributed by atoms with Gasteiger partial charge >= 0.3 is 0 Å².